The minimum absolute atomic E-state index is 0.0519. The third-order valence-corrected chi connectivity index (χ3v) is 25.5. The normalized spacial score (nSPS) is 29.2. The van der Waals surface area contributed by atoms with Crippen molar-refractivity contribution in [2.75, 3.05) is 172 Å². The molecule has 25 atom stereocenters. The van der Waals surface area contributed by atoms with Crippen LogP contribution in [0.1, 0.15) is 122 Å². The first-order valence-electron chi connectivity index (χ1n) is 41.4. The molecular formula is C69H132N6O45P6. The van der Waals surface area contributed by atoms with E-state index >= 15 is 0 Å². The van der Waals surface area contributed by atoms with Crippen molar-refractivity contribution in [3.05, 3.63) is 18.3 Å². The van der Waals surface area contributed by atoms with Crippen LogP contribution in [0.3, 0.4) is 0 Å². The first-order chi connectivity index (χ1) is 59.8. The molecule has 57 heteroatoms. The van der Waals surface area contributed by atoms with E-state index in [1.54, 1.807) is 13.8 Å². The Hall–Kier alpha value is -1.71. The van der Waals surface area contributed by atoms with Crippen molar-refractivity contribution >= 4 is 57.9 Å². The predicted octanol–water partition coefficient (Wildman–Crippen LogP) is 0.393. The number of imidazole rings is 1. The highest BCUT2D eigenvalue weighted by Crippen LogP contribution is 2.51. The summed E-state index contributed by atoms with van der Waals surface area (Å²) >= 11 is 0. The van der Waals surface area contributed by atoms with Gasteiger partial charge in [-0.1, -0.05) is 45.4 Å². The van der Waals surface area contributed by atoms with Crippen LogP contribution in [0, 0.1) is 24.2 Å². The van der Waals surface area contributed by atoms with Gasteiger partial charge in [-0.05, 0) is 64.7 Å². The van der Waals surface area contributed by atoms with E-state index in [1.807, 2.05) is 0 Å². The van der Waals surface area contributed by atoms with Crippen LogP contribution in [0.2, 0.25) is 0 Å². The highest BCUT2D eigenvalue weighted by molar-refractivity contribution is 7.52. The second-order valence-corrected chi connectivity index (χ2v) is 39.6. The fourth-order valence-corrected chi connectivity index (χ4v) is 17.1. The average Bonchev–Trinajstić information content (AvgIpc) is 1.62. The van der Waals surface area contributed by atoms with Gasteiger partial charge in [-0.15, -0.1) is 0 Å². The molecule has 0 radical (unpaired) electrons. The number of hydrogen-bond acceptors (Lipinski definition) is 44. The van der Waals surface area contributed by atoms with Gasteiger partial charge < -0.3 is 153 Å². The number of aliphatic hydroxyl groups is 10. The van der Waals surface area contributed by atoms with Gasteiger partial charge >= 0.3 is 46.7 Å². The second-order valence-electron chi connectivity index (χ2n) is 30.5. The molecule has 2 aromatic rings. The molecule has 0 aliphatic carbocycles. The second kappa shape index (κ2) is 58.0. The van der Waals surface area contributed by atoms with E-state index in [4.69, 9.17) is 118 Å². The maximum absolute atomic E-state index is 13.7. The number of unbranched alkanes of at least 4 members (excludes halogenated alkanes) is 9. The molecule has 2 aromatic heterocycles. The third kappa shape index (κ3) is 41.5. The van der Waals surface area contributed by atoms with Crippen molar-refractivity contribution < 1.29 is 214 Å². The molecule has 738 valence electrons. The Morgan fingerprint density at radius 1 is 0.444 bits per heavy atom. The van der Waals surface area contributed by atoms with Crippen molar-refractivity contribution in [2.45, 2.75) is 221 Å². The van der Waals surface area contributed by atoms with E-state index in [2.05, 4.69) is 15.0 Å². The summed E-state index contributed by atoms with van der Waals surface area (Å²) in [5.74, 6) is -1.50. The highest BCUT2D eigenvalue weighted by Gasteiger charge is 2.48. The van der Waals surface area contributed by atoms with Crippen LogP contribution in [0.25, 0.3) is 11.2 Å². The zero-order valence-corrected chi connectivity index (χ0v) is 76.1. The molecule has 4 saturated heterocycles. The number of aryl methyl sites for hydroxylation is 1. The number of aromatic nitrogens is 4. The zero-order valence-electron chi connectivity index (χ0n) is 70.7. The topological polar surface area (TPSA) is 734 Å². The van der Waals surface area contributed by atoms with E-state index in [1.165, 1.54) is 17.2 Å². The largest absolute Gasteiger partial charge is 0.474 e. The summed E-state index contributed by atoms with van der Waals surface area (Å²) in [6, 6.07) is -2.14. The smallest absolute Gasteiger partial charge is 0.396 e. The standard InChI is InChI=1S/C69H132N6O45P6/c1-47-59(80)60(81)51(33-77)117-66(47)103-22-10-4-7-13-25-106-122(88,89)109-28-16-19-98-39-69(40-99-20-17-29-110-123(90,91)107-26-14-8-5-11-23-104-67-56(70)63(84)61(82)52(34-78)118-67,41-100-21-18-30-111-124(92,93)108-27-15-9-6-12-24-105-68-57(71)64(85)62(83)53(35-79)119-68)42-113-125(94,95)114-45-101-36-49(32-76)37-102-46-115-126(96,97)120-50-31-55(116-54(50)38-112-121(3,86)87)75-44-74-58-48(2)72-43-73-65(58)75/h43-44,47,49-57,59-64,66-68,76-85H,4-42,45-46,70-71H2,1-3H3,(H,86,87)(H,88,89)(H,90,91)(H,92,93)(H,94,95)(H,96,97)/t47-,49?,50-,51?,52?,53?,54+,55+,56-,57-,59?,60-,61-,62-,63?,64?,66+,67+,68+,69?/m0/s1. The Morgan fingerprint density at radius 3 is 1.25 bits per heavy atom. The molecular weight excluding hydrogens is 1820 g/mol. The Kier molecular flexibility index (Phi) is 52.0. The van der Waals surface area contributed by atoms with Crippen molar-refractivity contribution in [1.29, 1.82) is 0 Å². The molecule has 0 saturated carbocycles. The molecule has 4 fully saturated rings. The van der Waals surface area contributed by atoms with Gasteiger partial charge in [0.1, 0.15) is 79.1 Å². The number of phosphoric acid groups is 5. The fraction of sp³-hybridized carbons (Fsp3) is 0.928. The molecule has 126 heavy (non-hydrogen) atoms. The predicted molar refractivity (Wildman–Crippen MR) is 431 cm³/mol. The maximum Gasteiger partial charge on any atom is 0.474 e. The number of hydrogen-bond donors (Lipinski definition) is 18. The van der Waals surface area contributed by atoms with Crippen LogP contribution < -0.4 is 11.5 Å². The SMILES string of the molecule is Cc1ncnc2c1ncn2[C@H]1C[C@H](OP(=O)(O)OCOCC(CO)COCOP(=O)(O)OCC(COCCCOP(=O)(O)OCCCCCCO[C@@H]2OC(CO)[C@H](O)C(O)[C@@H]2C)(COCCCOP(=O)(O)OCCCCCCO[C@@H]2OC(CO)[C@H](O)C(O)[C@@H]2N)COCCCOP(=O)(O)OCCCCCCO[C@@H]2OC(CO)[C@H](O)C(O)[C@@H]2N)[C@@H](COP(C)(=O)O)O1. The van der Waals surface area contributed by atoms with E-state index in [9.17, 15) is 108 Å². The number of phosphoric ester groups is 5. The summed E-state index contributed by atoms with van der Waals surface area (Å²) in [6.07, 6.45) is -9.34. The molecule has 51 nitrogen and oxygen atoms in total. The Labute approximate surface area is 729 Å². The highest BCUT2D eigenvalue weighted by atomic mass is 31.2. The molecule has 13 unspecified atom stereocenters. The van der Waals surface area contributed by atoms with Crippen molar-refractivity contribution in [3.63, 3.8) is 0 Å². The quantitative estimate of drug-likeness (QED) is 0.0242. The minimum Gasteiger partial charge on any atom is -0.396 e. The molecule has 0 bridgehead atoms. The molecule has 4 aliphatic rings. The van der Waals surface area contributed by atoms with E-state index in [0.29, 0.717) is 93.9 Å². The van der Waals surface area contributed by atoms with Gasteiger partial charge in [-0.25, -0.2) is 37.8 Å². The summed E-state index contributed by atoms with van der Waals surface area (Å²) in [7, 11) is -28.1. The first-order valence-corrected chi connectivity index (χ1v) is 50.9. The number of nitrogens with two attached hydrogens (primary N) is 2. The lowest BCUT2D eigenvalue weighted by Gasteiger charge is -2.40. The summed E-state index contributed by atoms with van der Waals surface area (Å²) in [4.78, 5) is 75.9. The third-order valence-electron chi connectivity index (χ3n) is 19.9. The number of fused-ring (bicyclic) bond motifs is 1. The Bertz CT molecular complexity index is 3430. The van der Waals surface area contributed by atoms with Crippen LogP contribution in [0.5, 0.6) is 0 Å². The number of nitrogens with zero attached hydrogens (tertiary/aromatic N) is 4. The first kappa shape index (κ1) is 113. The maximum atomic E-state index is 13.7. The van der Waals surface area contributed by atoms with Gasteiger partial charge in [0.25, 0.3) is 0 Å². The summed E-state index contributed by atoms with van der Waals surface area (Å²) in [5, 5.41) is 99.5. The Balaban J connectivity index is 1.02. The Morgan fingerprint density at radius 2 is 0.833 bits per heavy atom. The number of ether oxygens (including phenoxy) is 12. The van der Waals surface area contributed by atoms with Crippen LogP contribution in [-0.4, -0.2) is 370 Å². The van der Waals surface area contributed by atoms with Gasteiger partial charge in [0.2, 0.25) is 0 Å². The molecule has 20 N–H and O–H groups in total. The van der Waals surface area contributed by atoms with Crippen molar-refractivity contribution in [1.82, 2.24) is 19.5 Å². The van der Waals surface area contributed by atoms with E-state index in [0.717, 1.165) is 6.66 Å². The zero-order chi connectivity index (χ0) is 92.6. The lowest BCUT2D eigenvalue weighted by molar-refractivity contribution is -0.282. The summed E-state index contributed by atoms with van der Waals surface area (Å²) in [6.45, 7) is -5.23. The van der Waals surface area contributed by atoms with Crippen LogP contribution >= 0.6 is 46.7 Å². The van der Waals surface area contributed by atoms with Crippen LogP contribution in [0.4, 0.5) is 0 Å². The fourth-order valence-electron chi connectivity index (χ4n) is 12.8. The summed E-state index contributed by atoms with van der Waals surface area (Å²) < 4.78 is 205. The van der Waals surface area contributed by atoms with Gasteiger partial charge in [0.05, 0.1) is 148 Å². The van der Waals surface area contributed by atoms with Gasteiger partial charge in [-0.2, -0.15) is 0 Å². The molecule has 6 rings (SSSR count). The van der Waals surface area contributed by atoms with Gasteiger partial charge in [-0.3, -0.25) is 54.4 Å². The minimum atomic E-state index is -5.18. The lowest BCUT2D eigenvalue weighted by atomic mass is 9.92. The van der Waals surface area contributed by atoms with Crippen LogP contribution in [0.15, 0.2) is 12.7 Å². The van der Waals surface area contributed by atoms with Gasteiger partial charge in [0.15, 0.2) is 38.1 Å². The van der Waals surface area contributed by atoms with Gasteiger partial charge in [0, 0.05) is 64.6 Å². The molecule has 0 aromatic carbocycles. The number of aliphatic hydroxyl groups excluding tert-OH is 10. The van der Waals surface area contributed by atoms with E-state index < -0.39 is 268 Å². The number of rotatable bonds is 71. The van der Waals surface area contributed by atoms with Crippen LogP contribution in [-0.2, 0) is 134 Å². The van der Waals surface area contributed by atoms with Crippen molar-refractivity contribution in [2.24, 2.45) is 28.7 Å². The molecule has 6 heterocycles. The average molecular weight is 1950 g/mol. The summed E-state index contributed by atoms with van der Waals surface area (Å²) in [5.41, 5.74) is 11.6. The lowest BCUT2D eigenvalue weighted by Crippen LogP contribution is -2.62. The molecule has 0 amide bonds. The van der Waals surface area contributed by atoms with E-state index in [-0.39, 0.29) is 91.8 Å². The molecule has 4 aliphatic heterocycles. The monoisotopic (exact) mass is 1950 g/mol. The van der Waals surface area contributed by atoms with Crippen molar-refractivity contribution in [3.8, 4) is 0 Å². The molecule has 0 spiro atoms.